The van der Waals surface area contributed by atoms with Crippen molar-refractivity contribution < 1.29 is 17.9 Å². The predicted octanol–water partition coefficient (Wildman–Crippen LogP) is 3.02. The summed E-state index contributed by atoms with van der Waals surface area (Å²) in [7, 11) is -2.49. The van der Waals surface area contributed by atoms with Crippen molar-refractivity contribution in [2.24, 2.45) is 0 Å². The molecule has 0 bridgehead atoms. The van der Waals surface area contributed by atoms with Gasteiger partial charge in [0, 0.05) is 24.2 Å². The number of hydrogen-bond acceptors (Lipinski definition) is 6. The molecule has 0 radical (unpaired) electrons. The zero-order valence-electron chi connectivity index (χ0n) is 17.7. The number of aromatic nitrogens is 1. The number of sulfonamides is 1. The first-order valence-electron chi connectivity index (χ1n) is 9.83. The number of methoxy groups -OCH3 is 1. The Morgan fingerprint density at radius 3 is 2.40 bits per heavy atom. The number of amides is 1. The van der Waals surface area contributed by atoms with E-state index in [-0.39, 0.29) is 16.2 Å². The number of rotatable bonds is 6. The maximum Gasteiger partial charge on any atom is 0.255 e. The molecule has 8 nitrogen and oxygen atoms in total. The molecule has 3 rings (SSSR count). The van der Waals surface area contributed by atoms with Crippen molar-refractivity contribution in [3.8, 4) is 5.75 Å². The summed E-state index contributed by atoms with van der Waals surface area (Å²) in [6, 6.07) is 7.98. The number of nitrogens with zero attached hydrogens (tertiary/aromatic N) is 2. The molecule has 1 fully saturated rings. The van der Waals surface area contributed by atoms with Crippen LogP contribution in [0.1, 0.15) is 44.0 Å². The molecule has 0 spiro atoms. The van der Waals surface area contributed by atoms with Crippen LogP contribution in [0.5, 0.6) is 5.75 Å². The molecule has 9 heteroatoms. The number of benzene rings is 1. The lowest BCUT2D eigenvalue weighted by Crippen LogP contribution is -2.40. The van der Waals surface area contributed by atoms with Gasteiger partial charge in [-0.1, -0.05) is 0 Å². The number of hydrogen-bond donors (Lipinski definition) is 2. The van der Waals surface area contributed by atoms with E-state index in [4.69, 9.17) is 4.74 Å². The lowest BCUT2D eigenvalue weighted by atomic mass is 10.1. The SMILES string of the molecule is COc1ccc(C(=O)Nc2ccc(N3CCCC3)nc2)cc1S(=O)(=O)NC(C)(C)C. The molecule has 0 aliphatic carbocycles. The third kappa shape index (κ3) is 5.28. The Balaban J connectivity index is 1.80. The van der Waals surface area contributed by atoms with Crippen LogP contribution in [0.3, 0.4) is 0 Å². The number of ether oxygens (including phenoxy) is 1. The first kappa shape index (κ1) is 22.0. The minimum Gasteiger partial charge on any atom is -0.495 e. The lowest BCUT2D eigenvalue weighted by Gasteiger charge is -2.21. The Bertz CT molecular complexity index is 1010. The van der Waals surface area contributed by atoms with Gasteiger partial charge in [-0.3, -0.25) is 4.79 Å². The quantitative estimate of drug-likeness (QED) is 0.728. The van der Waals surface area contributed by atoms with Crippen LogP contribution in [0, 0.1) is 0 Å². The summed E-state index contributed by atoms with van der Waals surface area (Å²) >= 11 is 0. The zero-order valence-corrected chi connectivity index (χ0v) is 18.5. The number of pyridine rings is 1. The first-order chi connectivity index (χ1) is 14.1. The standard InChI is InChI=1S/C21H28N4O4S/c1-21(2,3)24-30(27,28)18-13-15(7-9-17(18)29-4)20(26)23-16-8-10-19(22-14-16)25-11-5-6-12-25/h7-10,13-14,24H,5-6,11-12H2,1-4H3,(H,23,26). The molecular formula is C21H28N4O4S. The average Bonchev–Trinajstić information content (AvgIpc) is 3.21. The molecule has 30 heavy (non-hydrogen) atoms. The minimum atomic E-state index is -3.88. The Morgan fingerprint density at radius 2 is 1.83 bits per heavy atom. The van der Waals surface area contributed by atoms with Crippen LogP contribution >= 0.6 is 0 Å². The van der Waals surface area contributed by atoms with E-state index in [2.05, 4.69) is 19.9 Å². The molecule has 2 aromatic rings. The van der Waals surface area contributed by atoms with Crippen LogP contribution in [0.2, 0.25) is 0 Å². The molecule has 0 saturated carbocycles. The highest BCUT2D eigenvalue weighted by Gasteiger charge is 2.26. The van der Waals surface area contributed by atoms with Gasteiger partial charge >= 0.3 is 0 Å². The third-order valence-electron chi connectivity index (χ3n) is 4.59. The molecule has 1 aromatic heterocycles. The van der Waals surface area contributed by atoms with Crippen molar-refractivity contribution in [2.45, 2.75) is 44.0 Å². The average molecular weight is 433 g/mol. The summed E-state index contributed by atoms with van der Waals surface area (Å²) in [5.74, 6) is 0.622. The maximum absolute atomic E-state index is 12.8. The molecule has 1 amide bonds. The van der Waals surface area contributed by atoms with Crippen LogP contribution < -0.4 is 19.7 Å². The smallest absolute Gasteiger partial charge is 0.255 e. The molecule has 2 N–H and O–H groups in total. The topological polar surface area (TPSA) is 101 Å². The summed E-state index contributed by atoms with van der Waals surface area (Å²) < 4.78 is 33.3. The van der Waals surface area contributed by atoms with E-state index in [1.54, 1.807) is 33.0 Å². The summed E-state index contributed by atoms with van der Waals surface area (Å²) in [4.78, 5) is 19.2. The highest BCUT2D eigenvalue weighted by Crippen LogP contribution is 2.27. The van der Waals surface area contributed by atoms with E-state index < -0.39 is 21.5 Å². The highest BCUT2D eigenvalue weighted by atomic mass is 32.2. The summed E-state index contributed by atoms with van der Waals surface area (Å²) in [6.45, 7) is 7.21. The normalized spacial score (nSPS) is 14.6. The molecule has 162 valence electrons. The van der Waals surface area contributed by atoms with Crippen LogP contribution in [-0.4, -0.2) is 45.0 Å². The fraction of sp³-hybridized carbons (Fsp3) is 0.429. The van der Waals surface area contributed by atoms with Crippen molar-refractivity contribution in [1.82, 2.24) is 9.71 Å². The minimum absolute atomic E-state index is 0.0879. The Hall–Kier alpha value is -2.65. The predicted molar refractivity (Wildman–Crippen MR) is 117 cm³/mol. The van der Waals surface area contributed by atoms with E-state index in [0.717, 1.165) is 31.7 Å². The fourth-order valence-corrected chi connectivity index (χ4v) is 4.90. The number of anilines is 2. The van der Waals surface area contributed by atoms with Crippen molar-refractivity contribution in [2.75, 3.05) is 30.4 Å². The van der Waals surface area contributed by atoms with E-state index >= 15 is 0 Å². The van der Waals surface area contributed by atoms with Gasteiger partial charge in [0.25, 0.3) is 5.91 Å². The lowest BCUT2D eigenvalue weighted by molar-refractivity contribution is 0.102. The summed E-state index contributed by atoms with van der Waals surface area (Å²) in [5.41, 5.74) is 0.0647. The fourth-order valence-electron chi connectivity index (χ4n) is 3.28. The summed E-state index contributed by atoms with van der Waals surface area (Å²) in [5, 5.41) is 2.76. The van der Waals surface area contributed by atoms with E-state index in [9.17, 15) is 13.2 Å². The van der Waals surface area contributed by atoms with Gasteiger partial charge in [0.1, 0.15) is 16.5 Å². The van der Waals surface area contributed by atoms with Gasteiger partial charge in [-0.2, -0.15) is 0 Å². The van der Waals surface area contributed by atoms with Gasteiger partial charge in [-0.05, 0) is 63.9 Å². The largest absolute Gasteiger partial charge is 0.495 e. The van der Waals surface area contributed by atoms with Crippen LogP contribution in [-0.2, 0) is 10.0 Å². The van der Waals surface area contributed by atoms with Gasteiger partial charge in [0.15, 0.2) is 0 Å². The molecular weight excluding hydrogens is 404 g/mol. The van der Waals surface area contributed by atoms with Gasteiger partial charge in [0.2, 0.25) is 10.0 Å². The monoisotopic (exact) mass is 432 g/mol. The molecule has 1 aliphatic heterocycles. The van der Waals surface area contributed by atoms with Crippen LogP contribution in [0.15, 0.2) is 41.4 Å². The zero-order chi connectivity index (χ0) is 21.9. The second-order valence-corrected chi connectivity index (χ2v) is 9.93. The number of carbonyl (C=O) groups is 1. The van der Waals surface area contributed by atoms with E-state index in [1.807, 2.05) is 6.07 Å². The molecule has 0 atom stereocenters. The van der Waals surface area contributed by atoms with Gasteiger partial charge in [-0.15, -0.1) is 0 Å². The Kier molecular flexibility index (Phi) is 6.33. The second-order valence-electron chi connectivity index (χ2n) is 8.27. The number of carbonyl (C=O) groups excluding carboxylic acids is 1. The highest BCUT2D eigenvalue weighted by molar-refractivity contribution is 7.89. The van der Waals surface area contributed by atoms with Crippen molar-refractivity contribution in [1.29, 1.82) is 0 Å². The molecule has 1 aliphatic rings. The van der Waals surface area contributed by atoms with Crippen molar-refractivity contribution >= 4 is 27.4 Å². The van der Waals surface area contributed by atoms with Gasteiger partial charge in [-0.25, -0.2) is 18.1 Å². The summed E-state index contributed by atoms with van der Waals surface area (Å²) in [6.07, 6.45) is 3.92. The van der Waals surface area contributed by atoms with Gasteiger partial charge < -0.3 is 15.0 Å². The van der Waals surface area contributed by atoms with Crippen LogP contribution in [0.25, 0.3) is 0 Å². The van der Waals surface area contributed by atoms with E-state index in [1.165, 1.54) is 25.3 Å². The Morgan fingerprint density at radius 1 is 1.13 bits per heavy atom. The van der Waals surface area contributed by atoms with Gasteiger partial charge in [0.05, 0.1) is 19.0 Å². The third-order valence-corrected chi connectivity index (χ3v) is 6.37. The van der Waals surface area contributed by atoms with E-state index in [0.29, 0.717) is 5.69 Å². The molecule has 1 saturated heterocycles. The second kappa shape index (κ2) is 8.61. The van der Waals surface area contributed by atoms with Crippen molar-refractivity contribution in [3.05, 3.63) is 42.1 Å². The maximum atomic E-state index is 12.8. The molecule has 0 unspecified atom stereocenters. The molecule has 2 heterocycles. The van der Waals surface area contributed by atoms with Crippen LogP contribution in [0.4, 0.5) is 11.5 Å². The first-order valence-corrected chi connectivity index (χ1v) is 11.3. The number of nitrogens with one attached hydrogen (secondary N) is 2. The Labute approximate surface area is 177 Å². The molecule has 1 aromatic carbocycles. The van der Waals surface area contributed by atoms with Crippen molar-refractivity contribution in [3.63, 3.8) is 0 Å².